The van der Waals surface area contributed by atoms with Crippen molar-refractivity contribution >= 4 is 42.0 Å². The number of benzene rings is 2. The molecule has 0 aliphatic carbocycles. The molecule has 0 bridgehead atoms. The third-order valence-electron chi connectivity index (χ3n) is 8.54. The van der Waals surface area contributed by atoms with Crippen LogP contribution < -0.4 is 20.7 Å². The van der Waals surface area contributed by atoms with Gasteiger partial charge in [-0.3, -0.25) is 24.0 Å². The number of carbonyl (C=O) groups is 7. The third kappa shape index (κ3) is 12.8. The van der Waals surface area contributed by atoms with Crippen LogP contribution in [0, 0.1) is 5.92 Å². The number of nitrogens with zero attached hydrogens (tertiary/aromatic N) is 1. The van der Waals surface area contributed by atoms with Crippen LogP contribution in [0.2, 0.25) is 0 Å². The number of nitrogens with one attached hydrogen (secondary N) is 3. The highest BCUT2D eigenvalue weighted by Crippen LogP contribution is 2.31. The summed E-state index contributed by atoms with van der Waals surface area (Å²) in [6.45, 7) is 4.97. The van der Waals surface area contributed by atoms with Crippen molar-refractivity contribution in [1.29, 1.82) is 0 Å². The number of unbranched alkanes of at least 4 members (excludes halogenated alkanes) is 2. The molecule has 2 aromatic carbocycles. The normalized spacial score (nSPS) is 12.7. The van der Waals surface area contributed by atoms with Gasteiger partial charge in [0.2, 0.25) is 12.3 Å². The number of ether oxygens (including phenoxy) is 1. The Balaban J connectivity index is 1.69. The molecule has 4 amide bonds. The summed E-state index contributed by atoms with van der Waals surface area (Å²) in [4.78, 5) is 91.9. The van der Waals surface area contributed by atoms with E-state index in [0.29, 0.717) is 29.2 Å². The summed E-state index contributed by atoms with van der Waals surface area (Å²) in [5.41, 5.74) is -0.946. The van der Waals surface area contributed by atoms with Crippen LogP contribution in [0.15, 0.2) is 59.0 Å². The fraction of sp³-hybridized carbons (Fsp3) is 0.395. The fourth-order valence-electron chi connectivity index (χ4n) is 5.66. The summed E-state index contributed by atoms with van der Waals surface area (Å²) in [7, 11) is 0. The van der Waals surface area contributed by atoms with E-state index < -0.39 is 71.8 Å². The quantitative estimate of drug-likeness (QED) is 0.0390. The van der Waals surface area contributed by atoms with Gasteiger partial charge in [0, 0.05) is 5.56 Å². The molecule has 3 rings (SSSR count). The van der Waals surface area contributed by atoms with Crippen molar-refractivity contribution in [2.45, 2.75) is 77.6 Å². The van der Waals surface area contributed by atoms with Gasteiger partial charge in [-0.15, -0.1) is 0 Å². The van der Waals surface area contributed by atoms with E-state index >= 15 is 0 Å². The number of halogens is 3. The van der Waals surface area contributed by atoms with Gasteiger partial charge in [0.15, 0.2) is 5.76 Å². The molecule has 3 aromatic rings. The number of hydroxylamine groups is 2. The van der Waals surface area contributed by atoms with Crippen LogP contribution >= 0.6 is 0 Å². The number of carboxylic acids is 2. The summed E-state index contributed by atoms with van der Waals surface area (Å²) in [5.74, 6) is -7.16. The Morgan fingerprint density at radius 2 is 1.61 bits per heavy atom. The number of hydrogen-bond donors (Lipinski definition) is 5. The second-order valence-electron chi connectivity index (χ2n) is 12.5. The molecule has 0 saturated heterocycles. The van der Waals surface area contributed by atoms with Crippen molar-refractivity contribution < 1.29 is 70.9 Å². The second-order valence-corrected chi connectivity index (χ2v) is 12.5. The minimum Gasteiger partial charge on any atom is -0.493 e. The predicted octanol–water partition coefficient (Wildman–Crippen LogP) is 5.03. The molecule has 0 fully saturated rings. The molecule has 0 radical (unpaired) electrons. The van der Waals surface area contributed by atoms with E-state index in [9.17, 15) is 51.8 Å². The zero-order valence-electron chi connectivity index (χ0n) is 31.2. The molecule has 2 unspecified atom stereocenters. The number of carboxylic acid groups (broad SMARTS) is 2. The highest BCUT2D eigenvalue weighted by molar-refractivity contribution is 6.00. The van der Waals surface area contributed by atoms with Gasteiger partial charge in [-0.05, 0) is 68.3 Å². The van der Waals surface area contributed by atoms with Gasteiger partial charge in [-0.25, -0.2) is 9.59 Å². The van der Waals surface area contributed by atoms with Gasteiger partial charge in [-0.1, -0.05) is 39.2 Å². The monoisotopic (exact) mass is 804 g/mol. The minimum atomic E-state index is -4.62. The highest BCUT2D eigenvalue weighted by atomic mass is 19.4. The van der Waals surface area contributed by atoms with Gasteiger partial charge in [-0.2, -0.15) is 18.2 Å². The number of hydrogen-bond acceptors (Lipinski definition) is 10. The molecule has 0 aliphatic rings. The lowest BCUT2D eigenvalue weighted by atomic mass is 9.90. The number of rotatable bonds is 22. The van der Waals surface area contributed by atoms with E-state index in [4.69, 9.17) is 19.1 Å². The van der Waals surface area contributed by atoms with Crippen molar-refractivity contribution in [3.63, 3.8) is 0 Å². The number of alkyl halides is 3. The largest absolute Gasteiger partial charge is 0.493 e. The first kappa shape index (κ1) is 45.0. The first-order valence-corrected chi connectivity index (χ1v) is 17.9. The average Bonchev–Trinajstić information content (AvgIpc) is 3.67. The topological polar surface area (TPSA) is 231 Å². The van der Waals surface area contributed by atoms with Crippen LogP contribution in [0.25, 0.3) is 11.3 Å². The summed E-state index contributed by atoms with van der Waals surface area (Å²) in [5, 5.41) is 26.2. The van der Waals surface area contributed by atoms with E-state index in [1.165, 1.54) is 30.3 Å². The number of carbonyl (C=O) groups excluding carboxylic acids is 5. The van der Waals surface area contributed by atoms with Crippen LogP contribution in [0.1, 0.15) is 96.1 Å². The summed E-state index contributed by atoms with van der Waals surface area (Å²) in [6.07, 6.45) is -2.74. The average molecular weight is 805 g/mol. The fourth-order valence-corrected chi connectivity index (χ4v) is 5.66. The lowest BCUT2D eigenvalue weighted by Crippen LogP contribution is -2.49. The summed E-state index contributed by atoms with van der Waals surface area (Å²) < 4.78 is 50.2. The number of amides is 4. The van der Waals surface area contributed by atoms with E-state index in [1.807, 2.05) is 6.92 Å². The third-order valence-corrected chi connectivity index (χ3v) is 8.54. The van der Waals surface area contributed by atoms with Gasteiger partial charge in [0.1, 0.15) is 17.6 Å². The van der Waals surface area contributed by atoms with Gasteiger partial charge < -0.3 is 40.2 Å². The van der Waals surface area contributed by atoms with Crippen molar-refractivity contribution in [2.75, 3.05) is 13.3 Å². The summed E-state index contributed by atoms with van der Waals surface area (Å²) >= 11 is 0. The van der Waals surface area contributed by atoms with Crippen LogP contribution in [0.5, 0.6) is 5.75 Å². The Hall–Kier alpha value is -6.40. The highest BCUT2D eigenvalue weighted by Gasteiger charge is 2.34. The molecule has 0 saturated carbocycles. The second kappa shape index (κ2) is 21.1. The molecule has 308 valence electrons. The lowest BCUT2D eigenvalue weighted by Gasteiger charge is -2.31. The molecule has 1 heterocycles. The maximum atomic E-state index is 13.5. The Morgan fingerprint density at radius 1 is 0.912 bits per heavy atom. The van der Waals surface area contributed by atoms with Crippen LogP contribution in [-0.4, -0.2) is 82.7 Å². The molecular weight excluding hydrogens is 761 g/mol. The molecule has 0 aliphatic heterocycles. The van der Waals surface area contributed by atoms with Gasteiger partial charge in [0.25, 0.3) is 11.8 Å². The predicted molar refractivity (Wildman–Crippen MR) is 193 cm³/mol. The maximum Gasteiger partial charge on any atom is 0.416 e. The zero-order chi connectivity index (χ0) is 42.3. The molecule has 1 aromatic heterocycles. The zero-order valence-corrected chi connectivity index (χ0v) is 31.2. The van der Waals surface area contributed by atoms with Crippen molar-refractivity contribution in [3.8, 4) is 17.1 Å². The Morgan fingerprint density at radius 3 is 2.19 bits per heavy atom. The minimum absolute atomic E-state index is 0.0263. The Kier molecular flexibility index (Phi) is 16.6. The molecule has 57 heavy (non-hydrogen) atoms. The SMILES string of the molecule is CCCCCC(C(=O)NCNC(=O)c1ccc(-c2ccc(C(=O)NC(CC(=O)O)C(=O)O)c(OCC)c2)o1)[C@@H](CC)N(C=O)OC(=O)c1ccc(C(F)(F)F)cc1. The van der Waals surface area contributed by atoms with E-state index in [-0.39, 0.29) is 60.9 Å². The summed E-state index contributed by atoms with van der Waals surface area (Å²) in [6, 6.07) is 7.54. The van der Waals surface area contributed by atoms with E-state index in [2.05, 4.69) is 16.0 Å². The molecular formula is C38H43F3N4O12. The molecule has 16 nitrogen and oxygen atoms in total. The first-order valence-electron chi connectivity index (χ1n) is 17.9. The number of aliphatic carboxylic acids is 2. The smallest absolute Gasteiger partial charge is 0.416 e. The van der Waals surface area contributed by atoms with Crippen molar-refractivity contribution in [3.05, 3.63) is 77.0 Å². The van der Waals surface area contributed by atoms with Crippen LogP contribution in [-0.2, 0) is 30.2 Å². The van der Waals surface area contributed by atoms with Crippen LogP contribution in [0.4, 0.5) is 13.2 Å². The lowest BCUT2D eigenvalue weighted by molar-refractivity contribution is -0.171. The Bertz CT molecular complexity index is 1900. The molecule has 0 spiro atoms. The maximum absolute atomic E-state index is 13.5. The van der Waals surface area contributed by atoms with Gasteiger partial charge in [0.05, 0.1) is 48.3 Å². The van der Waals surface area contributed by atoms with Crippen molar-refractivity contribution in [2.24, 2.45) is 5.92 Å². The first-order chi connectivity index (χ1) is 27.0. The van der Waals surface area contributed by atoms with Crippen molar-refractivity contribution in [1.82, 2.24) is 21.0 Å². The molecule has 19 heteroatoms. The van der Waals surface area contributed by atoms with Crippen LogP contribution in [0.3, 0.4) is 0 Å². The Labute approximate surface area is 324 Å². The van der Waals surface area contributed by atoms with E-state index in [1.54, 1.807) is 13.8 Å². The van der Waals surface area contributed by atoms with E-state index in [0.717, 1.165) is 25.0 Å². The molecule has 3 atom stereocenters. The number of furan rings is 1. The molecule has 5 N–H and O–H groups in total. The standard InChI is InChI=1S/C38H43F3N4O12/c1-4-7-8-9-25(28(5-2)45(21-46)57-37(54)22-10-13-24(14-11-22)38(39,40)41)33(49)42-20-43-35(51)30-17-16-29(56-30)23-12-15-26(31(18-23)55-6-3)34(50)44-27(36(52)53)19-32(47)48/h10-18,21,25,27-28H,4-9,19-20H2,1-3H3,(H,42,49)(H,43,51)(H,44,50)(H,47,48)(H,52,53)/t25?,27?,28-/m1/s1. The van der Waals surface area contributed by atoms with Gasteiger partial charge >= 0.3 is 24.1 Å².